The van der Waals surface area contributed by atoms with Crippen molar-refractivity contribution in [1.29, 1.82) is 0 Å². The van der Waals surface area contributed by atoms with Crippen molar-refractivity contribution in [3.63, 3.8) is 0 Å². The summed E-state index contributed by atoms with van der Waals surface area (Å²) < 4.78 is 5.85. The molecule has 0 bridgehead atoms. The monoisotopic (exact) mass is 312 g/mol. The molecule has 4 nitrogen and oxygen atoms in total. The Kier molecular flexibility index (Phi) is 7.72. The summed E-state index contributed by atoms with van der Waals surface area (Å²) in [4.78, 5) is 12.4. The summed E-state index contributed by atoms with van der Waals surface area (Å²) in [6.07, 6.45) is 1.72. The van der Waals surface area contributed by atoms with E-state index in [0.717, 1.165) is 25.0 Å². The average molecular weight is 313 g/mol. The summed E-state index contributed by atoms with van der Waals surface area (Å²) in [6.45, 7) is 3.43. The number of likely N-dealkylation sites (N-methyl/N-ethyl adjacent to an activating group) is 1. The van der Waals surface area contributed by atoms with Crippen molar-refractivity contribution in [3.8, 4) is 0 Å². The summed E-state index contributed by atoms with van der Waals surface area (Å²) in [5, 5.41) is 6.14. The molecule has 2 rings (SSSR count). The van der Waals surface area contributed by atoms with Crippen molar-refractivity contribution < 1.29 is 9.53 Å². The second-order valence-electron chi connectivity index (χ2n) is 5.39. The van der Waals surface area contributed by atoms with Crippen molar-refractivity contribution in [1.82, 2.24) is 10.6 Å². The molecule has 5 heteroatoms. The molecule has 1 aromatic rings. The van der Waals surface area contributed by atoms with E-state index in [9.17, 15) is 4.79 Å². The third kappa shape index (κ3) is 4.99. The second kappa shape index (κ2) is 9.03. The number of rotatable bonds is 5. The van der Waals surface area contributed by atoms with Crippen molar-refractivity contribution in [2.75, 3.05) is 20.2 Å². The lowest BCUT2D eigenvalue weighted by molar-refractivity contribution is -0.134. The molecule has 3 atom stereocenters. The molecule has 0 saturated carbocycles. The van der Waals surface area contributed by atoms with E-state index in [1.807, 2.05) is 44.3 Å². The Bertz CT molecular complexity index is 428. The van der Waals surface area contributed by atoms with E-state index in [2.05, 4.69) is 10.6 Å². The number of carbonyl (C=O) groups is 1. The second-order valence-corrected chi connectivity index (χ2v) is 5.39. The van der Waals surface area contributed by atoms with E-state index >= 15 is 0 Å². The molecule has 0 spiro atoms. The lowest BCUT2D eigenvalue weighted by Gasteiger charge is -2.31. The van der Waals surface area contributed by atoms with E-state index < -0.39 is 0 Å². The van der Waals surface area contributed by atoms with Gasteiger partial charge in [-0.15, -0.1) is 12.4 Å². The Hall–Kier alpha value is -1.10. The predicted molar refractivity (Wildman–Crippen MR) is 86.6 cm³/mol. The Labute approximate surface area is 133 Å². The van der Waals surface area contributed by atoms with Gasteiger partial charge in [0.15, 0.2) is 0 Å². The van der Waals surface area contributed by atoms with Gasteiger partial charge in [0.25, 0.3) is 0 Å². The molecule has 2 N–H and O–H groups in total. The zero-order valence-electron chi connectivity index (χ0n) is 12.7. The molecule has 118 valence electrons. The van der Waals surface area contributed by atoms with Gasteiger partial charge in [-0.05, 0) is 32.4 Å². The number of hydrogen-bond donors (Lipinski definition) is 2. The predicted octanol–water partition coefficient (Wildman–Crippen LogP) is 2.30. The molecular weight excluding hydrogens is 288 g/mol. The zero-order chi connectivity index (χ0) is 14.4. The van der Waals surface area contributed by atoms with Crippen LogP contribution in [0.5, 0.6) is 0 Å². The topological polar surface area (TPSA) is 50.4 Å². The van der Waals surface area contributed by atoms with E-state index in [1.165, 1.54) is 0 Å². The summed E-state index contributed by atoms with van der Waals surface area (Å²) in [6, 6.07) is 10.3. The fourth-order valence-corrected chi connectivity index (χ4v) is 2.51. The first-order chi connectivity index (χ1) is 9.72. The van der Waals surface area contributed by atoms with Crippen LogP contribution >= 0.6 is 12.4 Å². The lowest BCUT2D eigenvalue weighted by atomic mass is 9.88. The van der Waals surface area contributed by atoms with Gasteiger partial charge in [0.05, 0.1) is 12.0 Å². The van der Waals surface area contributed by atoms with E-state index in [-0.39, 0.29) is 36.4 Å². The first kappa shape index (κ1) is 18.0. The maximum atomic E-state index is 12.4. The third-order valence-electron chi connectivity index (χ3n) is 3.86. The van der Waals surface area contributed by atoms with Gasteiger partial charge >= 0.3 is 0 Å². The highest BCUT2D eigenvalue weighted by Gasteiger charge is 2.32. The van der Waals surface area contributed by atoms with Crippen LogP contribution in [0.2, 0.25) is 0 Å². The van der Waals surface area contributed by atoms with E-state index in [4.69, 9.17) is 4.74 Å². The highest BCUT2D eigenvalue weighted by Crippen LogP contribution is 2.33. The molecule has 0 aromatic heterocycles. The molecule has 1 heterocycles. The minimum absolute atomic E-state index is 0. The van der Waals surface area contributed by atoms with Crippen molar-refractivity contribution >= 4 is 18.3 Å². The van der Waals surface area contributed by atoms with Gasteiger partial charge < -0.3 is 15.4 Å². The van der Waals surface area contributed by atoms with Gasteiger partial charge in [-0.1, -0.05) is 30.3 Å². The van der Waals surface area contributed by atoms with Crippen LogP contribution in [-0.4, -0.2) is 32.1 Å². The first-order valence-electron chi connectivity index (χ1n) is 7.34. The largest absolute Gasteiger partial charge is 0.373 e. The Morgan fingerprint density at radius 1 is 1.38 bits per heavy atom. The van der Waals surface area contributed by atoms with Crippen LogP contribution in [-0.2, 0) is 9.53 Å². The lowest BCUT2D eigenvalue weighted by Crippen LogP contribution is -2.42. The Morgan fingerprint density at radius 2 is 2.10 bits per heavy atom. The van der Waals surface area contributed by atoms with Crippen LogP contribution in [0.3, 0.4) is 0 Å². The molecule has 1 amide bonds. The summed E-state index contributed by atoms with van der Waals surface area (Å²) >= 11 is 0. The van der Waals surface area contributed by atoms with Crippen LogP contribution in [0.4, 0.5) is 0 Å². The number of benzene rings is 1. The molecule has 1 fully saturated rings. The number of carbonyl (C=O) groups excluding carboxylic acids is 1. The van der Waals surface area contributed by atoms with Crippen molar-refractivity contribution in [3.05, 3.63) is 35.9 Å². The van der Waals surface area contributed by atoms with Crippen LogP contribution < -0.4 is 10.6 Å². The number of ether oxygens (including phenoxy) is 1. The normalized spacial score (nSPS) is 23.0. The first-order valence-corrected chi connectivity index (χ1v) is 7.34. The van der Waals surface area contributed by atoms with Gasteiger partial charge in [-0.3, -0.25) is 4.79 Å². The summed E-state index contributed by atoms with van der Waals surface area (Å²) in [5.41, 5.74) is 1.09. The van der Waals surface area contributed by atoms with Crippen molar-refractivity contribution in [2.24, 2.45) is 5.92 Å². The Morgan fingerprint density at radius 3 is 2.76 bits per heavy atom. The highest BCUT2D eigenvalue weighted by molar-refractivity contribution is 5.85. The van der Waals surface area contributed by atoms with Gasteiger partial charge in [0, 0.05) is 19.2 Å². The molecule has 0 aliphatic carbocycles. The van der Waals surface area contributed by atoms with Crippen LogP contribution in [0.1, 0.15) is 31.4 Å². The van der Waals surface area contributed by atoms with Gasteiger partial charge in [0.1, 0.15) is 0 Å². The van der Waals surface area contributed by atoms with Crippen molar-refractivity contribution in [2.45, 2.75) is 31.9 Å². The SMILES string of the molecule is CNC(C)CNC(=O)C1CCCOC1c1ccccc1.Cl. The Balaban J connectivity index is 0.00000220. The van der Waals surface area contributed by atoms with E-state index in [1.54, 1.807) is 0 Å². The molecular formula is C16H25ClN2O2. The summed E-state index contributed by atoms with van der Waals surface area (Å²) in [5.74, 6) is 0.0101. The average Bonchev–Trinajstić information content (AvgIpc) is 2.53. The standard InChI is InChI=1S/C16H24N2O2.ClH/c1-12(17-2)11-18-16(19)14-9-6-10-20-15(14)13-7-4-3-5-8-13;/h3-5,7-8,12,14-15,17H,6,9-11H2,1-2H3,(H,18,19);1H. The van der Waals surface area contributed by atoms with Gasteiger partial charge in [0.2, 0.25) is 5.91 Å². The maximum absolute atomic E-state index is 12.4. The van der Waals surface area contributed by atoms with Crippen LogP contribution in [0.25, 0.3) is 0 Å². The zero-order valence-corrected chi connectivity index (χ0v) is 13.5. The molecule has 1 aliphatic heterocycles. The molecule has 3 unspecified atom stereocenters. The fourth-order valence-electron chi connectivity index (χ4n) is 2.51. The maximum Gasteiger partial charge on any atom is 0.226 e. The number of halogens is 1. The molecule has 1 aromatic carbocycles. The third-order valence-corrected chi connectivity index (χ3v) is 3.86. The van der Waals surface area contributed by atoms with Crippen LogP contribution in [0, 0.1) is 5.92 Å². The molecule has 0 radical (unpaired) electrons. The van der Waals surface area contributed by atoms with Crippen LogP contribution in [0.15, 0.2) is 30.3 Å². The number of nitrogens with one attached hydrogen (secondary N) is 2. The van der Waals surface area contributed by atoms with Gasteiger partial charge in [-0.2, -0.15) is 0 Å². The quantitative estimate of drug-likeness (QED) is 0.877. The smallest absolute Gasteiger partial charge is 0.226 e. The molecule has 1 aliphatic rings. The molecule has 21 heavy (non-hydrogen) atoms. The molecule has 1 saturated heterocycles. The number of hydrogen-bond acceptors (Lipinski definition) is 3. The van der Waals surface area contributed by atoms with Gasteiger partial charge in [-0.25, -0.2) is 0 Å². The fraction of sp³-hybridized carbons (Fsp3) is 0.562. The highest BCUT2D eigenvalue weighted by atomic mass is 35.5. The minimum Gasteiger partial charge on any atom is -0.373 e. The minimum atomic E-state index is -0.116. The van der Waals surface area contributed by atoms with E-state index in [0.29, 0.717) is 6.54 Å². The summed E-state index contributed by atoms with van der Waals surface area (Å²) in [7, 11) is 1.90. The number of amides is 1.